The standard InChI is InChI=1S/C27H34N6O3S/c1-27(2,3)31-37(34,35)24-6-4-5-23(17-24)33-12-11-21-18-28-26(30-25(21)33)29-22-9-7-20(8-10-22)19-32-13-15-36-16-14-32/h4-10,17-18,31H,11-16,19H2,1-3H3,(H,28,29,30). The number of nitrogens with one attached hydrogen (secondary N) is 2. The Hall–Kier alpha value is -3.05. The molecule has 5 rings (SSSR count). The number of sulfonamides is 1. The van der Waals surface area contributed by atoms with Crippen molar-refractivity contribution in [3.8, 4) is 0 Å². The highest BCUT2D eigenvalue weighted by Gasteiger charge is 2.26. The molecule has 3 aromatic rings. The van der Waals surface area contributed by atoms with Crippen molar-refractivity contribution in [2.75, 3.05) is 43.1 Å². The van der Waals surface area contributed by atoms with Crippen LogP contribution in [0.15, 0.2) is 59.6 Å². The molecule has 9 nitrogen and oxygen atoms in total. The van der Waals surface area contributed by atoms with Gasteiger partial charge in [0.15, 0.2) is 0 Å². The lowest BCUT2D eigenvalue weighted by Crippen LogP contribution is -2.40. The van der Waals surface area contributed by atoms with Gasteiger partial charge in [-0.25, -0.2) is 18.1 Å². The van der Waals surface area contributed by atoms with Gasteiger partial charge in [0.2, 0.25) is 16.0 Å². The summed E-state index contributed by atoms with van der Waals surface area (Å²) in [6, 6.07) is 15.3. The lowest BCUT2D eigenvalue weighted by Gasteiger charge is -2.26. The number of nitrogens with zero attached hydrogens (tertiary/aromatic N) is 4. The SMILES string of the molecule is CC(C)(C)NS(=O)(=O)c1cccc(N2CCc3cnc(Nc4ccc(CN5CCOCC5)cc4)nc32)c1. The van der Waals surface area contributed by atoms with Gasteiger partial charge in [-0.15, -0.1) is 0 Å². The van der Waals surface area contributed by atoms with Crippen molar-refractivity contribution in [1.82, 2.24) is 19.6 Å². The number of benzene rings is 2. The third-order valence-electron chi connectivity index (χ3n) is 6.30. The van der Waals surface area contributed by atoms with E-state index < -0.39 is 15.6 Å². The van der Waals surface area contributed by atoms with Crippen LogP contribution in [0.25, 0.3) is 0 Å². The van der Waals surface area contributed by atoms with Crippen molar-refractivity contribution in [1.29, 1.82) is 0 Å². The Kier molecular flexibility index (Phi) is 7.17. The molecule has 2 N–H and O–H groups in total. The fourth-order valence-electron chi connectivity index (χ4n) is 4.58. The molecule has 0 spiro atoms. The molecule has 0 bridgehead atoms. The molecule has 0 unspecified atom stereocenters. The Morgan fingerprint density at radius 2 is 1.78 bits per heavy atom. The zero-order valence-corrected chi connectivity index (χ0v) is 22.4. The molecule has 1 saturated heterocycles. The van der Waals surface area contributed by atoms with Gasteiger partial charge in [-0.3, -0.25) is 4.90 Å². The second-order valence-corrected chi connectivity index (χ2v) is 12.2. The van der Waals surface area contributed by atoms with Gasteiger partial charge in [-0.05, 0) is 63.1 Å². The minimum atomic E-state index is -3.64. The average molecular weight is 523 g/mol. The molecule has 0 radical (unpaired) electrons. The molecule has 3 heterocycles. The van der Waals surface area contributed by atoms with Crippen molar-refractivity contribution in [3.63, 3.8) is 0 Å². The molecule has 0 saturated carbocycles. The summed E-state index contributed by atoms with van der Waals surface area (Å²) in [7, 11) is -3.64. The lowest BCUT2D eigenvalue weighted by atomic mass is 10.1. The molecular weight excluding hydrogens is 488 g/mol. The molecule has 0 amide bonds. The molecule has 2 aliphatic heterocycles. The zero-order valence-electron chi connectivity index (χ0n) is 21.6. The first-order valence-electron chi connectivity index (χ1n) is 12.6. The van der Waals surface area contributed by atoms with Crippen molar-refractivity contribution in [2.45, 2.75) is 44.2 Å². The van der Waals surface area contributed by atoms with Gasteiger partial charge in [-0.2, -0.15) is 4.98 Å². The number of rotatable bonds is 7. The van der Waals surface area contributed by atoms with Crippen molar-refractivity contribution in [2.24, 2.45) is 0 Å². The minimum Gasteiger partial charge on any atom is -0.379 e. The van der Waals surface area contributed by atoms with Crippen LogP contribution >= 0.6 is 0 Å². The van der Waals surface area contributed by atoms with Crippen LogP contribution in [0.5, 0.6) is 0 Å². The smallest absolute Gasteiger partial charge is 0.241 e. The molecule has 196 valence electrons. The molecule has 1 aromatic heterocycles. The van der Waals surface area contributed by atoms with Gasteiger partial charge < -0.3 is 15.0 Å². The van der Waals surface area contributed by atoms with E-state index in [9.17, 15) is 8.42 Å². The Bertz CT molecular complexity index is 1350. The van der Waals surface area contributed by atoms with E-state index in [4.69, 9.17) is 9.72 Å². The Morgan fingerprint density at radius 3 is 2.51 bits per heavy atom. The van der Waals surface area contributed by atoms with Crippen molar-refractivity contribution < 1.29 is 13.2 Å². The van der Waals surface area contributed by atoms with Gasteiger partial charge in [0.25, 0.3) is 0 Å². The summed E-state index contributed by atoms with van der Waals surface area (Å²) in [5.74, 6) is 1.30. The van der Waals surface area contributed by atoms with E-state index >= 15 is 0 Å². The summed E-state index contributed by atoms with van der Waals surface area (Å²) in [4.78, 5) is 14.0. The van der Waals surface area contributed by atoms with E-state index in [2.05, 4.69) is 32.1 Å². The van der Waals surface area contributed by atoms with Gasteiger partial charge in [0.1, 0.15) is 5.82 Å². The maximum absolute atomic E-state index is 12.9. The number of morpholine rings is 1. The predicted molar refractivity (Wildman–Crippen MR) is 145 cm³/mol. The highest BCUT2D eigenvalue weighted by atomic mass is 32.2. The van der Waals surface area contributed by atoms with Crippen LogP contribution in [-0.4, -0.2) is 61.7 Å². The molecule has 10 heteroatoms. The predicted octanol–water partition coefficient (Wildman–Crippen LogP) is 3.82. The lowest BCUT2D eigenvalue weighted by molar-refractivity contribution is 0.0342. The van der Waals surface area contributed by atoms with E-state index in [-0.39, 0.29) is 4.90 Å². The van der Waals surface area contributed by atoms with Gasteiger partial charge >= 0.3 is 0 Å². The van der Waals surface area contributed by atoms with E-state index in [1.54, 1.807) is 18.2 Å². The first-order valence-corrected chi connectivity index (χ1v) is 14.1. The first-order chi connectivity index (χ1) is 17.7. The molecule has 37 heavy (non-hydrogen) atoms. The summed E-state index contributed by atoms with van der Waals surface area (Å²) >= 11 is 0. The third kappa shape index (κ3) is 6.27. The quantitative estimate of drug-likeness (QED) is 0.483. The summed E-state index contributed by atoms with van der Waals surface area (Å²) in [6.07, 6.45) is 2.64. The van der Waals surface area contributed by atoms with Crippen LogP contribution in [0.1, 0.15) is 31.9 Å². The van der Waals surface area contributed by atoms with Crippen molar-refractivity contribution >= 4 is 33.2 Å². The van der Waals surface area contributed by atoms with Gasteiger partial charge in [-0.1, -0.05) is 18.2 Å². The number of anilines is 4. The van der Waals surface area contributed by atoms with Crippen molar-refractivity contribution in [3.05, 3.63) is 65.9 Å². The Morgan fingerprint density at radius 1 is 1.03 bits per heavy atom. The number of hydrogen-bond acceptors (Lipinski definition) is 8. The van der Waals surface area contributed by atoms with Crippen LogP contribution in [0.4, 0.5) is 23.1 Å². The monoisotopic (exact) mass is 522 g/mol. The maximum atomic E-state index is 12.9. The fraction of sp³-hybridized carbons (Fsp3) is 0.407. The van der Waals surface area contributed by atoms with Crippen LogP contribution in [0.2, 0.25) is 0 Å². The molecule has 0 aliphatic carbocycles. The Balaban J connectivity index is 1.31. The molecule has 0 atom stereocenters. The van der Waals surface area contributed by atoms with Crippen LogP contribution in [0, 0.1) is 0 Å². The molecule has 1 fully saturated rings. The summed E-state index contributed by atoms with van der Waals surface area (Å²) in [5, 5.41) is 3.31. The number of aromatic nitrogens is 2. The number of ether oxygens (including phenoxy) is 1. The summed E-state index contributed by atoms with van der Waals surface area (Å²) in [5.41, 5.74) is 3.42. The van der Waals surface area contributed by atoms with Crippen LogP contribution < -0.4 is 14.9 Å². The normalized spacial score (nSPS) is 16.6. The second-order valence-electron chi connectivity index (χ2n) is 10.5. The van der Waals surface area contributed by atoms with Gasteiger partial charge in [0, 0.05) is 54.9 Å². The number of fused-ring (bicyclic) bond motifs is 1. The minimum absolute atomic E-state index is 0.234. The fourth-order valence-corrected chi connectivity index (χ4v) is 6.04. The van der Waals surface area contributed by atoms with E-state index in [1.165, 1.54) is 5.56 Å². The highest BCUT2D eigenvalue weighted by Crippen LogP contribution is 2.34. The second kappa shape index (κ2) is 10.4. The summed E-state index contributed by atoms with van der Waals surface area (Å²) < 4.78 is 33.9. The Labute approximate surface area is 218 Å². The highest BCUT2D eigenvalue weighted by molar-refractivity contribution is 7.89. The van der Waals surface area contributed by atoms with Crippen LogP contribution in [0.3, 0.4) is 0 Å². The molecule has 2 aliphatic rings. The topological polar surface area (TPSA) is 99.7 Å². The first kappa shape index (κ1) is 25.6. The largest absolute Gasteiger partial charge is 0.379 e. The number of hydrogen-bond donors (Lipinski definition) is 2. The van der Waals surface area contributed by atoms with E-state index in [1.807, 2.05) is 50.1 Å². The molecule has 2 aromatic carbocycles. The average Bonchev–Trinajstić information content (AvgIpc) is 3.28. The van der Waals surface area contributed by atoms with Gasteiger partial charge in [0.05, 0.1) is 18.1 Å². The zero-order chi connectivity index (χ0) is 26.0. The third-order valence-corrected chi connectivity index (χ3v) is 8.06. The van der Waals surface area contributed by atoms with E-state index in [0.717, 1.165) is 62.0 Å². The van der Waals surface area contributed by atoms with E-state index in [0.29, 0.717) is 12.5 Å². The molecular formula is C27H34N6O3S. The van der Waals surface area contributed by atoms with Crippen LogP contribution in [-0.2, 0) is 27.7 Å². The maximum Gasteiger partial charge on any atom is 0.241 e. The summed E-state index contributed by atoms with van der Waals surface area (Å²) in [6.45, 7) is 10.6.